The molecule has 2 aromatic carbocycles. The molecule has 0 aliphatic heterocycles. The number of nitrogens with zero attached hydrogens (tertiary/aromatic N) is 1. The van der Waals surface area contributed by atoms with E-state index in [0.717, 1.165) is 11.1 Å². The van der Waals surface area contributed by atoms with Crippen LogP contribution in [0, 0.1) is 6.92 Å². The van der Waals surface area contributed by atoms with Crippen molar-refractivity contribution in [2.75, 3.05) is 12.4 Å². The maximum atomic E-state index is 12.2. The third kappa shape index (κ3) is 5.52. The number of methoxy groups -OCH3 is 1. The molecule has 1 heterocycles. The van der Waals surface area contributed by atoms with Crippen molar-refractivity contribution in [2.24, 2.45) is 0 Å². The summed E-state index contributed by atoms with van der Waals surface area (Å²) in [4.78, 5) is 27.6. The summed E-state index contributed by atoms with van der Waals surface area (Å²) in [7, 11) is 1.33. The molecule has 0 unspecified atom stereocenters. The predicted octanol–water partition coefficient (Wildman–Crippen LogP) is 4.62. The number of hydrogen-bond donors (Lipinski definition) is 1. The van der Waals surface area contributed by atoms with Crippen LogP contribution in [0.5, 0.6) is 11.5 Å². The first kappa shape index (κ1) is 19.8. The molecule has 29 heavy (non-hydrogen) atoms. The summed E-state index contributed by atoms with van der Waals surface area (Å²) in [5.74, 6) is 0.678. The lowest BCUT2D eigenvalue weighted by atomic mass is 10.1. The molecule has 1 N–H and O–H groups in total. The minimum atomic E-state index is -0.399. The number of benzene rings is 2. The minimum Gasteiger partial charge on any atom is -0.465 e. The number of aromatic nitrogens is 1. The van der Waals surface area contributed by atoms with Crippen molar-refractivity contribution in [2.45, 2.75) is 6.92 Å². The van der Waals surface area contributed by atoms with Gasteiger partial charge < -0.3 is 14.8 Å². The van der Waals surface area contributed by atoms with Crippen LogP contribution in [-0.2, 0) is 9.53 Å². The highest BCUT2D eigenvalue weighted by Crippen LogP contribution is 2.26. The second-order valence-corrected chi connectivity index (χ2v) is 6.21. The van der Waals surface area contributed by atoms with E-state index < -0.39 is 5.97 Å². The van der Waals surface area contributed by atoms with Gasteiger partial charge in [0.25, 0.3) is 0 Å². The second-order valence-electron chi connectivity index (χ2n) is 6.21. The maximum absolute atomic E-state index is 12.2. The molecule has 6 nitrogen and oxygen atoms in total. The van der Waals surface area contributed by atoms with Gasteiger partial charge in [0.05, 0.1) is 18.9 Å². The van der Waals surface area contributed by atoms with Crippen LogP contribution in [0.15, 0.2) is 73.1 Å². The van der Waals surface area contributed by atoms with Crippen molar-refractivity contribution < 1.29 is 19.1 Å². The Kier molecular flexibility index (Phi) is 6.37. The van der Waals surface area contributed by atoms with Crippen LogP contribution in [0.2, 0.25) is 0 Å². The number of ether oxygens (including phenoxy) is 2. The van der Waals surface area contributed by atoms with E-state index in [4.69, 9.17) is 4.74 Å². The summed E-state index contributed by atoms with van der Waals surface area (Å²) in [5, 5.41) is 2.82. The van der Waals surface area contributed by atoms with E-state index in [2.05, 4.69) is 15.0 Å². The molecule has 0 radical (unpaired) electrons. The molecule has 0 bridgehead atoms. The molecule has 3 rings (SSSR count). The van der Waals surface area contributed by atoms with E-state index in [1.807, 2.05) is 19.1 Å². The molecule has 0 aliphatic rings. The van der Waals surface area contributed by atoms with E-state index >= 15 is 0 Å². The Hall–Kier alpha value is -3.93. The van der Waals surface area contributed by atoms with Gasteiger partial charge in [-0.2, -0.15) is 0 Å². The van der Waals surface area contributed by atoms with E-state index in [9.17, 15) is 9.59 Å². The third-order valence-electron chi connectivity index (χ3n) is 4.06. The van der Waals surface area contributed by atoms with Crippen LogP contribution in [0.3, 0.4) is 0 Å². The largest absolute Gasteiger partial charge is 0.465 e. The zero-order chi connectivity index (χ0) is 20.6. The molecule has 1 aromatic heterocycles. The Bertz CT molecular complexity index is 1030. The Morgan fingerprint density at radius 3 is 2.52 bits per heavy atom. The first-order valence-electron chi connectivity index (χ1n) is 8.91. The Morgan fingerprint density at radius 1 is 1.07 bits per heavy atom. The average molecular weight is 388 g/mol. The number of esters is 1. The third-order valence-corrected chi connectivity index (χ3v) is 4.06. The zero-order valence-electron chi connectivity index (χ0n) is 16.1. The molecule has 6 heteroatoms. The van der Waals surface area contributed by atoms with Crippen molar-refractivity contribution >= 4 is 23.6 Å². The van der Waals surface area contributed by atoms with Crippen molar-refractivity contribution in [3.63, 3.8) is 0 Å². The number of amides is 1. The summed E-state index contributed by atoms with van der Waals surface area (Å²) in [6.45, 7) is 1.90. The van der Waals surface area contributed by atoms with Crippen molar-refractivity contribution in [1.29, 1.82) is 0 Å². The first-order chi connectivity index (χ1) is 14.0. The van der Waals surface area contributed by atoms with Gasteiger partial charge in [-0.3, -0.25) is 9.78 Å². The highest BCUT2D eigenvalue weighted by molar-refractivity contribution is 6.02. The van der Waals surface area contributed by atoms with Gasteiger partial charge in [0.2, 0.25) is 5.91 Å². The highest BCUT2D eigenvalue weighted by atomic mass is 16.5. The number of carbonyl (C=O) groups excluding carboxylic acids is 2. The molecule has 1 amide bonds. The topological polar surface area (TPSA) is 77.5 Å². The monoisotopic (exact) mass is 388 g/mol. The number of rotatable bonds is 6. The number of pyridine rings is 1. The molecular formula is C23H20N2O4. The average Bonchev–Trinajstić information content (AvgIpc) is 2.75. The second kappa shape index (κ2) is 9.32. The Balaban J connectivity index is 1.61. The molecule has 0 fully saturated rings. The summed E-state index contributed by atoms with van der Waals surface area (Å²) in [6, 6.07) is 15.8. The van der Waals surface area contributed by atoms with Crippen LogP contribution in [0.1, 0.15) is 21.5 Å². The molecule has 3 aromatic rings. The Labute approximate surface area is 168 Å². The molecule has 146 valence electrons. The van der Waals surface area contributed by atoms with Gasteiger partial charge in [0.1, 0.15) is 11.5 Å². The predicted molar refractivity (Wildman–Crippen MR) is 111 cm³/mol. The fourth-order valence-electron chi connectivity index (χ4n) is 2.58. The molecule has 0 saturated heterocycles. The van der Waals surface area contributed by atoms with Crippen molar-refractivity contribution in [1.82, 2.24) is 4.98 Å². The SMILES string of the molecule is COC(=O)c1ccc(/C=C/C(=O)Nc2ccc(Oc3cccnc3)c(C)c2)cc1. The number of anilines is 1. The molecule has 0 saturated carbocycles. The lowest BCUT2D eigenvalue weighted by Crippen LogP contribution is -2.08. The minimum absolute atomic E-state index is 0.262. The van der Waals surface area contributed by atoms with Crippen LogP contribution in [0.4, 0.5) is 5.69 Å². The van der Waals surface area contributed by atoms with Gasteiger partial charge >= 0.3 is 5.97 Å². The van der Waals surface area contributed by atoms with E-state index in [1.54, 1.807) is 60.9 Å². The summed E-state index contributed by atoms with van der Waals surface area (Å²) >= 11 is 0. The van der Waals surface area contributed by atoms with E-state index in [1.165, 1.54) is 13.2 Å². The van der Waals surface area contributed by atoms with Gasteiger partial charge in [0, 0.05) is 18.0 Å². The van der Waals surface area contributed by atoms with Crippen LogP contribution in [-0.4, -0.2) is 24.0 Å². The molecule has 0 atom stereocenters. The van der Waals surface area contributed by atoms with Gasteiger partial charge in [-0.1, -0.05) is 12.1 Å². The van der Waals surface area contributed by atoms with Crippen LogP contribution in [0.25, 0.3) is 6.08 Å². The normalized spacial score (nSPS) is 10.6. The van der Waals surface area contributed by atoms with Gasteiger partial charge in [-0.25, -0.2) is 4.79 Å². The molecule has 0 aliphatic carbocycles. The number of nitrogens with one attached hydrogen (secondary N) is 1. The molecule has 0 spiro atoms. The van der Waals surface area contributed by atoms with Crippen LogP contribution >= 0.6 is 0 Å². The van der Waals surface area contributed by atoms with Gasteiger partial charge in [-0.15, -0.1) is 0 Å². The smallest absolute Gasteiger partial charge is 0.337 e. The summed E-state index contributed by atoms with van der Waals surface area (Å²) in [6.07, 6.45) is 6.42. The Morgan fingerprint density at radius 2 is 1.86 bits per heavy atom. The lowest BCUT2D eigenvalue weighted by molar-refractivity contribution is -0.111. The van der Waals surface area contributed by atoms with Crippen molar-refractivity contribution in [3.8, 4) is 11.5 Å². The number of hydrogen-bond acceptors (Lipinski definition) is 5. The van der Waals surface area contributed by atoms with E-state index in [-0.39, 0.29) is 5.91 Å². The van der Waals surface area contributed by atoms with Gasteiger partial charge in [-0.05, 0) is 66.6 Å². The maximum Gasteiger partial charge on any atom is 0.337 e. The van der Waals surface area contributed by atoms with Crippen molar-refractivity contribution in [3.05, 3.63) is 89.8 Å². The lowest BCUT2D eigenvalue weighted by Gasteiger charge is -2.10. The summed E-state index contributed by atoms with van der Waals surface area (Å²) in [5.41, 5.74) is 2.80. The first-order valence-corrected chi connectivity index (χ1v) is 8.91. The quantitative estimate of drug-likeness (QED) is 0.492. The number of aryl methyl sites for hydroxylation is 1. The van der Waals surface area contributed by atoms with Crippen LogP contribution < -0.4 is 10.1 Å². The van der Waals surface area contributed by atoms with Gasteiger partial charge in [0.15, 0.2) is 0 Å². The standard InChI is InChI=1S/C23H20N2O4/c1-16-14-19(10-11-21(16)29-20-4-3-13-24-15-20)25-22(26)12-7-17-5-8-18(9-6-17)23(27)28-2/h3-15H,1-2H3,(H,25,26)/b12-7+. The zero-order valence-corrected chi connectivity index (χ0v) is 16.1. The fourth-order valence-corrected chi connectivity index (χ4v) is 2.58. The summed E-state index contributed by atoms with van der Waals surface area (Å²) < 4.78 is 10.4. The fraction of sp³-hybridized carbons (Fsp3) is 0.0870. The highest BCUT2D eigenvalue weighted by Gasteiger charge is 2.06. The van der Waals surface area contributed by atoms with E-state index in [0.29, 0.717) is 22.7 Å². The molecular weight excluding hydrogens is 368 g/mol. The number of carbonyl (C=O) groups is 2.